The molecule has 2 aromatic carbocycles. The molecule has 6 atom stereocenters. The number of nitrogens with zero attached hydrogens (tertiary/aromatic N) is 2. The highest BCUT2D eigenvalue weighted by Crippen LogP contribution is 2.65. The van der Waals surface area contributed by atoms with Crippen molar-refractivity contribution in [2.45, 2.75) is 47.9 Å². The molecule has 0 radical (unpaired) electrons. The second-order valence-electron chi connectivity index (χ2n) is 11.2. The molecule has 1 spiro atoms. The quantitative estimate of drug-likeness (QED) is 0.432. The molecule has 6 rings (SSSR count). The van der Waals surface area contributed by atoms with Crippen LogP contribution in [0.2, 0.25) is 0 Å². The van der Waals surface area contributed by atoms with Crippen molar-refractivity contribution in [1.29, 1.82) is 0 Å². The van der Waals surface area contributed by atoms with Gasteiger partial charge in [-0.05, 0) is 30.9 Å². The van der Waals surface area contributed by atoms with Crippen molar-refractivity contribution in [2.75, 3.05) is 19.8 Å². The van der Waals surface area contributed by atoms with Gasteiger partial charge >= 0.3 is 5.97 Å². The standard InChI is InChI=1S/C32H34N2O5S/c1-31-15-8-9-18-39-30(38)26(31)25-28(36)34(24(21-35)19-22-11-4-2-5-12-22)27-29(37)33(17-10-16-32(25,27)40-31)20-23-13-6-3-7-14-23/h2-8,10-16,24-27,35H,9,17-21H2,1H3/t24-,25+,26+,27?,31-,32+/m1/s1. The van der Waals surface area contributed by atoms with E-state index in [0.717, 1.165) is 11.1 Å². The topological polar surface area (TPSA) is 87.1 Å². The second kappa shape index (κ2) is 10.6. The Hall–Kier alpha value is -3.36. The van der Waals surface area contributed by atoms with Gasteiger partial charge in [-0.1, -0.05) is 85.0 Å². The monoisotopic (exact) mass is 558 g/mol. The third kappa shape index (κ3) is 4.38. The van der Waals surface area contributed by atoms with Crippen LogP contribution in [-0.2, 0) is 32.1 Å². The van der Waals surface area contributed by atoms with Gasteiger partial charge < -0.3 is 19.6 Å². The molecule has 2 aromatic rings. The van der Waals surface area contributed by atoms with Crippen molar-refractivity contribution < 1.29 is 24.2 Å². The van der Waals surface area contributed by atoms with Crippen molar-refractivity contribution >= 4 is 29.5 Å². The van der Waals surface area contributed by atoms with E-state index in [0.29, 0.717) is 25.9 Å². The van der Waals surface area contributed by atoms with Crippen LogP contribution in [0.5, 0.6) is 0 Å². The Kier molecular flexibility index (Phi) is 7.09. The number of carbonyl (C=O) groups excluding carboxylic acids is 3. The number of carbonyl (C=O) groups is 3. The Balaban J connectivity index is 1.46. The Morgan fingerprint density at radius 3 is 2.35 bits per heavy atom. The third-order valence-electron chi connectivity index (χ3n) is 8.68. The smallest absolute Gasteiger partial charge is 0.311 e. The molecular formula is C32H34N2O5S. The lowest BCUT2D eigenvalue weighted by atomic mass is 9.74. The first kappa shape index (κ1) is 26.8. The molecule has 2 saturated heterocycles. The molecule has 40 heavy (non-hydrogen) atoms. The van der Waals surface area contributed by atoms with Gasteiger partial charge in [-0.25, -0.2) is 0 Å². The van der Waals surface area contributed by atoms with Crippen LogP contribution in [-0.4, -0.2) is 74.0 Å². The van der Waals surface area contributed by atoms with Gasteiger partial charge in [0, 0.05) is 17.8 Å². The molecule has 208 valence electrons. The van der Waals surface area contributed by atoms with Crippen LogP contribution >= 0.6 is 11.8 Å². The molecule has 8 heteroatoms. The Labute approximate surface area is 238 Å². The molecule has 0 saturated carbocycles. The van der Waals surface area contributed by atoms with E-state index in [1.54, 1.807) is 9.80 Å². The van der Waals surface area contributed by atoms with Crippen LogP contribution in [0.4, 0.5) is 0 Å². The minimum Gasteiger partial charge on any atom is -0.465 e. The molecular weight excluding hydrogens is 524 g/mol. The lowest BCUT2D eigenvalue weighted by Crippen LogP contribution is -2.57. The van der Waals surface area contributed by atoms with E-state index in [1.165, 1.54) is 11.8 Å². The first-order valence-corrected chi connectivity index (χ1v) is 14.7. The summed E-state index contributed by atoms with van der Waals surface area (Å²) in [4.78, 5) is 46.1. The number of esters is 1. The number of aliphatic hydroxyl groups is 1. The van der Waals surface area contributed by atoms with Gasteiger partial charge in [-0.15, -0.1) is 11.8 Å². The summed E-state index contributed by atoms with van der Waals surface area (Å²) < 4.78 is 3.94. The fraction of sp³-hybridized carbons (Fsp3) is 0.406. The van der Waals surface area contributed by atoms with E-state index in [1.807, 2.05) is 91.9 Å². The zero-order valence-corrected chi connectivity index (χ0v) is 23.3. The number of benzene rings is 2. The molecule has 2 fully saturated rings. The molecule has 0 bridgehead atoms. The van der Waals surface area contributed by atoms with E-state index in [9.17, 15) is 19.5 Å². The van der Waals surface area contributed by atoms with Crippen LogP contribution in [0.1, 0.15) is 24.5 Å². The van der Waals surface area contributed by atoms with Gasteiger partial charge in [0.05, 0.1) is 35.8 Å². The minimum absolute atomic E-state index is 0.168. The molecule has 4 aliphatic rings. The van der Waals surface area contributed by atoms with Crippen molar-refractivity contribution in [3.63, 3.8) is 0 Å². The minimum atomic E-state index is -0.975. The number of likely N-dealkylation sites (tertiary alicyclic amines) is 1. The predicted octanol–water partition coefficient (Wildman–Crippen LogP) is 3.38. The number of fused-ring (bicyclic) bond motifs is 2. The maximum atomic E-state index is 14.6. The number of hydrogen-bond acceptors (Lipinski definition) is 6. The molecule has 1 unspecified atom stereocenters. The van der Waals surface area contributed by atoms with E-state index >= 15 is 0 Å². The van der Waals surface area contributed by atoms with Crippen LogP contribution < -0.4 is 0 Å². The molecule has 0 aliphatic carbocycles. The summed E-state index contributed by atoms with van der Waals surface area (Å²) in [5.41, 5.74) is 1.96. The highest BCUT2D eigenvalue weighted by Gasteiger charge is 2.74. The summed E-state index contributed by atoms with van der Waals surface area (Å²) in [6, 6.07) is 18.0. The summed E-state index contributed by atoms with van der Waals surface area (Å²) in [5, 5.41) is 10.6. The first-order chi connectivity index (χ1) is 19.4. The lowest BCUT2D eigenvalue weighted by molar-refractivity contribution is -0.154. The predicted molar refractivity (Wildman–Crippen MR) is 153 cm³/mol. The summed E-state index contributed by atoms with van der Waals surface area (Å²) in [6.07, 6.45) is 9.02. The van der Waals surface area contributed by atoms with Crippen molar-refractivity contribution in [1.82, 2.24) is 9.80 Å². The number of rotatable bonds is 6. The molecule has 7 nitrogen and oxygen atoms in total. The number of amides is 2. The molecule has 1 N–H and O–H groups in total. The number of hydrogen-bond donors (Lipinski definition) is 1. The van der Waals surface area contributed by atoms with E-state index in [4.69, 9.17) is 4.74 Å². The Morgan fingerprint density at radius 2 is 1.65 bits per heavy atom. The zero-order chi connectivity index (χ0) is 27.9. The van der Waals surface area contributed by atoms with E-state index in [-0.39, 0.29) is 25.0 Å². The van der Waals surface area contributed by atoms with Gasteiger partial charge in [0.1, 0.15) is 6.04 Å². The normalized spacial score (nSPS) is 32.0. The maximum Gasteiger partial charge on any atom is 0.311 e. The summed E-state index contributed by atoms with van der Waals surface area (Å²) >= 11 is 1.53. The van der Waals surface area contributed by atoms with Crippen LogP contribution in [0.15, 0.2) is 85.0 Å². The fourth-order valence-corrected chi connectivity index (χ4v) is 9.09. The number of cyclic esters (lactones) is 1. The second-order valence-corrected chi connectivity index (χ2v) is 13.0. The third-order valence-corrected chi connectivity index (χ3v) is 10.5. The van der Waals surface area contributed by atoms with Gasteiger partial charge in [0.25, 0.3) is 0 Å². The highest BCUT2D eigenvalue weighted by molar-refractivity contribution is 8.02. The van der Waals surface area contributed by atoms with E-state index < -0.39 is 39.4 Å². The maximum absolute atomic E-state index is 14.6. The molecule has 4 heterocycles. The van der Waals surface area contributed by atoms with E-state index in [2.05, 4.69) is 0 Å². The van der Waals surface area contributed by atoms with Crippen LogP contribution in [0, 0.1) is 11.8 Å². The molecule has 2 amide bonds. The van der Waals surface area contributed by atoms with Crippen molar-refractivity contribution in [2.24, 2.45) is 11.8 Å². The first-order valence-electron chi connectivity index (χ1n) is 13.9. The lowest BCUT2D eigenvalue weighted by Gasteiger charge is -2.40. The van der Waals surface area contributed by atoms with Gasteiger partial charge in [-0.2, -0.15) is 0 Å². The van der Waals surface area contributed by atoms with Crippen molar-refractivity contribution in [3.8, 4) is 0 Å². The average molecular weight is 559 g/mol. The summed E-state index contributed by atoms with van der Waals surface area (Å²) in [6.45, 7) is 2.74. The molecule has 4 aliphatic heterocycles. The van der Waals surface area contributed by atoms with Gasteiger partial charge in [0.2, 0.25) is 11.8 Å². The van der Waals surface area contributed by atoms with Crippen molar-refractivity contribution in [3.05, 3.63) is 96.1 Å². The average Bonchev–Trinajstić information content (AvgIpc) is 3.29. The Morgan fingerprint density at radius 1 is 0.950 bits per heavy atom. The summed E-state index contributed by atoms with van der Waals surface area (Å²) in [7, 11) is 0. The van der Waals surface area contributed by atoms with Gasteiger partial charge in [-0.3, -0.25) is 14.4 Å². The fourth-order valence-electron chi connectivity index (χ4n) is 6.95. The van der Waals surface area contributed by atoms with Crippen LogP contribution in [0.25, 0.3) is 0 Å². The zero-order valence-electron chi connectivity index (χ0n) is 22.5. The van der Waals surface area contributed by atoms with Crippen LogP contribution in [0.3, 0.4) is 0 Å². The largest absolute Gasteiger partial charge is 0.465 e. The number of ether oxygens (including phenoxy) is 1. The number of thioether (sulfide) groups is 1. The Bertz CT molecular complexity index is 1350. The SMILES string of the molecule is C[C@@]12C=CCCOC(=O)[C@@H]1[C@H]1C(=O)N([C@@H](CO)Cc3ccccc3)C3C(=O)N(Cc4ccccc4)CC=C[C@@]31S2. The number of aliphatic hydroxyl groups excluding tert-OH is 1. The molecule has 0 aromatic heterocycles. The highest BCUT2D eigenvalue weighted by atomic mass is 32.2. The van der Waals surface area contributed by atoms with Gasteiger partial charge in [0.15, 0.2) is 0 Å². The summed E-state index contributed by atoms with van der Waals surface area (Å²) in [5.74, 6) is -2.37.